The molecule has 0 atom stereocenters. The highest BCUT2D eigenvalue weighted by atomic mass is 79.9. The molecular formula is C26H22BrNO6. The third-order valence-corrected chi connectivity index (χ3v) is 5.56. The Morgan fingerprint density at radius 2 is 1.85 bits per heavy atom. The number of rotatable bonds is 7. The van der Waals surface area contributed by atoms with Crippen LogP contribution in [0.4, 0.5) is 5.69 Å². The summed E-state index contributed by atoms with van der Waals surface area (Å²) < 4.78 is 23.0. The highest BCUT2D eigenvalue weighted by molar-refractivity contribution is 9.10. The van der Waals surface area contributed by atoms with Crippen molar-refractivity contribution in [2.24, 2.45) is 0 Å². The van der Waals surface area contributed by atoms with E-state index >= 15 is 0 Å². The van der Waals surface area contributed by atoms with Gasteiger partial charge in [0.25, 0.3) is 5.91 Å². The van der Waals surface area contributed by atoms with Gasteiger partial charge in [0.05, 0.1) is 29.4 Å². The zero-order valence-electron chi connectivity index (χ0n) is 18.6. The molecule has 0 saturated heterocycles. The lowest BCUT2D eigenvalue weighted by Gasteiger charge is -2.20. The van der Waals surface area contributed by atoms with Gasteiger partial charge in [0.1, 0.15) is 6.61 Å². The Morgan fingerprint density at radius 3 is 2.59 bits per heavy atom. The van der Waals surface area contributed by atoms with Crippen molar-refractivity contribution in [3.63, 3.8) is 0 Å². The Balaban J connectivity index is 1.55. The van der Waals surface area contributed by atoms with Crippen molar-refractivity contribution >= 4 is 39.6 Å². The topological polar surface area (TPSA) is 83.1 Å². The van der Waals surface area contributed by atoms with Crippen LogP contribution in [-0.2, 0) is 16.1 Å². The van der Waals surface area contributed by atoms with Gasteiger partial charge in [-0.15, -0.1) is 0 Å². The van der Waals surface area contributed by atoms with Gasteiger partial charge in [0, 0.05) is 0 Å². The van der Waals surface area contributed by atoms with Crippen molar-refractivity contribution in [2.45, 2.75) is 13.5 Å². The first-order valence-electron chi connectivity index (χ1n) is 10.5. The van der Waals surface area contributed by atoms with E-state index in [4.69, 9.17) is 18.9 Å². The third-order valence-electron chi connectivity index (χ3n) is 4.97. The average Bonchev–Trinajstić information content (AvgIpc) is 2.84. The Kier molecular flexibility index (Phi) is 7.18. The zero-order valence-corrected chi connectivity index (χ0v) is 20.2. The molecule has 7 nitrogen and oxygen atoms in total. The van der Waals surface area contributed by atoms with Crippen molar-refractivity contribution in [2.75, 3.05) is 19.0 Å². The van der Waals surface area contributed by atoms with Crippen LogP contribution in [0, 0.1) is 0 Å². The van der Waals surface area contributed by atoms with Gasteiger partial charge in [-0.25, -0.2) is 4.79 Å². The maximum atomic E-state index is 12.5. The zero-order chi connectivity index (χ0) is 24.1. The molecule has 0 bridgehead atoms. The second kappa shape index (κ2) is 10.4. The third kappa shape index (κ3) is 5.23. The summed E-state index contributed by atoms with van der Waals surface area (Å²) in [4.78, 5) is 24.1. The second-order valence-corrected chi connectivity index (χ2v) is 8.16. The molecule has 0 aromatic heterocycles. The van der Waals surface area contributed by atoms with E-state index in [1.54, 1.807) is 48.5 Å². The number of esters is 1. The predicted octanol–water partition coefficient (Wildman–Crippen LogP) is 5.59. The molecule has 0 radical (unpaired) electrons. The summed E-state index contributed by atoms with van der Waals surface area (Å²) in [5, 5.41) is 2.82. The van der Waals surface area contributed by atoms with Crippen molar-refractivity contribution in [3.05, 3.63) is 87.6 Å². The summed E-state index contributed by atoms with van der Waals surface area (Å²) in [6.45, 7) is 2.58. The fraction of sp³-hybridized carbons (Fsp3) is 0.154. The second-order valence-electron chi connectivity index (χ2n) is 7.30. The Morgan fingerprint density at radius 1 is 1.09 bits per heavy atom. The lowest BCUT2D eigenvalue weighted by Crippen LogP contribution is -2.23. The molecule has 0 spiro atoms. The molecule has 1 N–H and O–H groups in total. The maximum Gasteiger partial charge on any atom is 0.337 e. The molecule has 0 saturated carbocycles. The SMILES string of the molecule is CCOc1cc(/C=C2/Oc3ccccc3NC2=O)cc(Br)c1OCc1ccc(C(=O)OC)cc1. The van der Waals surface area contributed by atoms with Crippen molar-refractivity contribution in [1.82, 2.24) is 0 Å². The molecule has 1 amide bonds. The number of halogens is 1. The van der Waals surface area contributed by atoms with Crippen LogP contribution >= 0.6 is 15.9 Å². The molecule has 3 aromatic carbocycles. The molecule has 4 rings (SSSR count). The molecule has 1 heterocycles. The number of methoxy groups -OCH3 is 1. The number of nitrogens with one attached hydrogen (secondary N) is 1. The van der Waals surface area contributed by atoms with Crippen LogP contribution in [-0.4, -0.2) is 25.6 Å². The van der Waals surface area contributed by atoms with Crippen LogP contribution in [0.15, 0.2) is 70.9 Å². The first-order chi connectivity index (χ1) is 16.5. The van der Waals surface area contributed by atoms with E-state index in [0.29, 0.717) is 45.1 Å². The lowest BCUT2D eigenvalue weighted by atomic mass is 10.1. The van der Waals surface area contributed by atoms with Crippen molar-refractivity contribution in [1.29, 1.82) is 0 Å². The molecular weight excluding hydrogens is 502 g/mol. The number of ether oxygens (including phenoxy) is 4. The Labute approximate surface area is 205 Å². The van der Waals surface area contributed by atoms with E-state index in [2.05, 4.69) is 21.2 Å². The molecule has 0 unspecified atom stereocenters. The minimum atomic E-state index is -0.391. The van der Waals surface area contributed by atoms with Gasteiger partial charge in [-0.05, 0) is 76.5 Å². The summed E-state index contributed by atoms with van der Waals surface area (Å²) in [5.41, 5.74) is 2.68. The number of anilines is 1. The predicted molar refractivity (Wildman–Crippen MR) is 131 cm³/mol. The van der Waals surface area contributed by atoms with E-state index in [1.807, 2.05) is 25.1 Å². The van der Waals surface area contributed by atoms with Crippen LogP contribution in [0.3, 0.4) is 0 Å². The molecule has 8 heteroatoms. The fourth-order valence-electron chi connectivity index (χ4n) is 3.34. The fourth-order valence-corrected chi connectivity index (χ4v) is 3.91. The number of amides is 1. The van der Waals surface area contributed by atoms with Gasteiger partial charge in [-0.1, -0.05) is 24.3 Å². The quantitative estimate of drug-likeness (QED) is 0.321. The Hall–Kier alpha value is -3.78. The first-order valence-corrected chi connectivity index (χ1v) is 11.3. The maximum absolute atomic E-state index is 12.5. The largest absolute Gasteiger partial charge is 0.490 e. The standard InChI is InChI=1S/C26H22BrNO6/c1-3-32-22-13-17(14-23-25(29)28-20-6-4-5-7-21(20)34-23)12-19(27)24(22)33-15-16-8-10-18(11-9-16)26(30)31-2/h4-14H,3,15H2,1-2H3,(H,28,29)/b23-14+. The number of fused-ring (bicyclic) bond motifs is 1. The number of benzene rings is 3. The molecule has 1 aliphatic rings. The summed E-state index contributed by atoms with van der Waals surface area (Å²) in [7, 11) is 1.34. The number of carbonyl (C=O) groups is 2. The monoisotopic (exact) mass is 523 g/mol. The number of carbonyl (C=O) groups excluding carboxylic acids is 2. The molecule has 3 aromatic rings. The van der Waals surface area contributed by atoms with E-state index in [-0.39, 0.29) is 18.3 Å². The van der Waals surface area contributed by atoms with Crippen LogP contribution in [0.5, 0.6) is 17.2 Å². The molecule has 0 aliphatic carbocycles. The minimum Gasteiger partial charge on any atom is -0.490 e. The van der Waals surface area contributed by atoms with Gasteiger partial charge in [-0.2, -0.15) is 0 Å². The van der Waals surface area contributed by atoms with Crippen molar-refractivity contribution in [3.8, 4) is 17.2 Å². The van der Waals surface area contributed by atoms with E-state index in [9.17, 15) is 9.59 Å². The average molecular weight is 524 g/mol. The highest BCUT2D eigenvalue weighted by Gasteiger charge is 2.22. The van der Waals surface area contributed by atoms with E-state index < -0.39 is 5.97 Å². The smallest absolute Gasteiger partial charge is 0.337 e. The summed E-state index contributed by atoms with van der Waals surface area (Å²) in [6.07, 6.45) is 1.65. The van der Waals surface area contributed by atoms with Gasteiger partial charge < -0.3 is 24.3 Å². The normalized spacial score (nSPS) is 13.5. The lowest BCUT2D eigenvalue weighted by molar-refractivity contribution is -0.115. The first kappa shape index (κ1) is 23.4. The van der Waals surface area contributed by atoms with E-state index in [1.165, 1.54) is 7.11 Å². The van der Waals surface area contributed by atoms with Crippen LogP contribution in [0.1, 0.15) is 28.4 Å². The number of para-hydroxylation sites is 2. The number of hydrogen-bond acceptors (Lipinski definition) is 6. The van der Waals surface area contributed by atoms with Crippen molar-refractivity contribution < 1.29 is 28.5 Å². The van der Waals surface area contributed by atoms with Gasteiger partial charge in [-0.3, -0.25) is 4.79 Å². The minimum absolute atomic E-state index is 0.174. The number of hydrogen-bond donors (Lipinski definition) is 1. The van der Waals surface area contributed by atoms with Gasteiger partial charge in [0.15, 0.2) is 23.0 Å². The summed E-state index contributed by atoms with van der Waals surface area (Å²) in [5.74, 6) is 1.08. The van der Waals surface area contributed by atoms with Crippen LogP contribution in [0.25, 0.3) is 6.08 Å². The molecule has 1 aliphatic heterocycles. The van der Waals surface area contributed by atoms with Crippen LogP contribution < -0.4 is 19.5 Å². The van der Waals surface area contributed by atoms with E-state index in [0.717, 1.165) is 5.56 Å². The molecule has 174 valence electrons. The molecule has 0 fully saturated rings. The molecule has 34 heavy (non-hydrogen) atoms. The van der Waals surface area contributed by atoms with Crippen LogP contribution in [0.2, 0.25) is 0 Å². The summed E-state index contributed by atoms with van der Waals surface area (Å²) in [6, 6.07) is 17.8. The van der Waals surface area contributed by atoms with Gasteiger partial charge >= 0.3 is 5.97 Å². The Bertz CT molecular complexity index is 1250. The highest BCUT2D eigenvalue weighted by Crippen LogP contribution is 2.39. The van der Waals surface area contributed by atoms with Gasteiger partial charge in [0.2, 0.25) is 0 Å². The summed E-state index contributed by atoms with van der Waals surface area (Å²) >= 11 is 3.55.